The van der Waals surface area contributed by atoms with Crippen LogP contribution in [0.2, 0.25) is 0 Å². The van der Waals surface area contributed by atoms with Crippen molar-refractivity contribution in [2.24, 2.45) is 0 Å². The van der Waals surface area contributed by atoms with E-state index in [1.165, 1.54) is 5.56 Å². The van der Waals surface area contributed by atoms with E-state index in [1.54, 1.807) is 6.07 Å². The molecule has 0 atom stereocenters. The van der Waals surface area contributed by atoms with Gasteiger partial charge in [0, 0.05) is 0 Å². The van der Waals surface area contributed by atoms with Crippen LogP contribution in [0.15, 0.2) is 18.2 Å². The van der Waals surface area contributed by atoms with Crippen molar-refractivity contribution < 1.29 is 5.11 Å². The van der Waals surface area contributed by atoms with E-state index in [0.717, 1.165) is 12.0 Å². The first-order valence-electron chi connectivity index (χ1n) is 3.52. The maximum Gasteiger partial charge on any atom is 0.118 e. The van der Waals surface area contributed by atoms with Crippen LogP contribution in [0.3, 0.4) is 0 Å². The number of rotatable bonds is 1. The summed E-state index contributed by atoms with van der Waals surface area (Å²) in [5.74, 6) is 0.386. The van der Waals surface area contributed by atoms with Gasteiger partial charge in [0.2, 0.25) is 0 Å². The average molecular weight is 136 g/mol. The summed E-state index contributed by atoms with van der Waals surface area (Å²) in [6.07, 6.45) is 1.03. The van der Waals surface area contributed by atoms with Gasteiger partial charge < -0.3 is 5.11 Å². The monoisotopic (exact) mass is 136 g/mol. The maximum atomic E-state index is 9.14. The third-order valence-corrected chi connectivity index (χ3v) is 1.67. The molecular formula is C9H12O. The molecule has 0 aliphatic heterocycles. The summed E-state index contributed by atoms with van der Waals surface area (Å²) in [7, 11) is 0. The Morgan fingerprint density at radius 2 is 2.10 bits per heavy atom. The molecule has 54 valence electrons. The van der Waals surface area contributed by atoms with E-state index in [2.05, 4.69) is 6.92 Å². The number of aromatic hydroxyl groups is 1. The smallest absolute Gasteiger partial charge is 0.118 e. The van der Waals surface area contributed by atoms with Crippen LogP contribution >= 0.6 is 0 Å². The topological polar surface area (TPSA) is 20.2 Å². The maximum absolute atomic E-state index is 9.14. The van der Waals surface area contributed by atoms with E-state index in [4.69, 9.17) is 5.11 Å². The summed E-state index contributed by atoms with van der Waals surface area (Å²) in [4.78, 5) is 0. The third-order valence-electron chi connectivity index (χ3n) is 1.67. The SMILES string of the molecule is CCc1ccc(O)c(C)c1. The highest BCUT2D eigenvalue weighted by atomic mass is 16.3. The van der Waals surface area contributed by atoms with Crippen LogP contribution in [0, 0.1) is 6.92 Å². The first-order valence-corrected chi connectivity index (χ1v) is 3.52. The van der Waals surface area contributed by atoms with Crippen LogP contribution in [-0.4, -0.2) is 5.11 Å². The summed E-state index contributed by atoms with van der Waals surface area (Å²) in [6.45, 7) is 4.01. The second-order valence-corrected chi connectivity index (χ2v) is 2.47. The normalized spacial score (nSPS) is 9.80. The Labute approximate surface area is 61.3 Å². The predicted molar refractivity (Wildman–Crippen MR) is 42.2 cm³/mol. The summed E-state index contributed by atoms with van der Waals surface area (Å²) in [5, 5.41) is 9.14. The fourth-order valence-electron chi connectivity index (χ4n) is 0.937. The predicted octanol–water partition coefficient (Wildman–Crippen LogP) is 2.26. The lowest BCUT2D eigenvalue weighted by Gasteiger charge is -1.99. The van der Waals surface area contributed by atoms with Gasteiger partial charge in [0.15, 0.2) is 0 Å². The van der Waals surface area contributed by atoms with Crippen LogP contribution in [0.1, 0.15) is 18.1 Å². The number of phenolic OH excluding ortho intramolecular Hbond substituents is 1. The van der Waals surface area contributed by atoms with Gasteiger partial charge in [0.05, 0.1) is 0 Å². The zero-order valence-electron chi connectivity index (χ0n) is 6.39. The molecule has 10 heavy (non-hydrogen) atoms. The lowest BCUT2D eigenvalue weighted by Crippen LogP contribution is -1.80. The van der Waals surface area contributed by atoms with E-state index in [-0.39, 0.29) is 0 Å². The van der Waals surface area contributed by atoms with Gasteiger partial charge in [-0.1, -0.05) is 19.1 Å². The zero-order chi connectivity index (χ0) is 7.56. The van der Waals surface area contributed by atoms with Crippen LogP contribution < -0.4 is 0 Å². The molecule has 1 rings (SSSR count). The molecule has 0 heterocycles. The fraction of sp³-hybridized carbons (Fsp3) is 0.333. The lowest BCUT2D eigenvalue weighted by atomic mass is 10.1. The minimum Gasteiger partial charge on any atom is -0.508 e. The first kappa shape index (κ1) is 7.13. The average Bonchev–Trinajstić information content (AvgIpc) is 1.95. The second-order valence-electron chi connectivity index (χ2n) is 2.47. The van der Waals surface area contributed by atoms with Crippen molar-refractivity contribution in [1.82, 2.24) is 0 Å². The highest BCUT2D eigenvalue weighted by Gasteiger charge is 1.94. The Bertz CT molecular complexity index is 228. The molecule has 0 aromatic heterocycles. The molecule has 1 aromatic rings. The molecule has 0 amide bonds. The van der Waals surface area contributed by atoms with Crippen molar-refractivity contribution in [2.75, 3.05) is 0 Å². The minimum absolute atomic E-state index is 0.386. The molecule has 0 aliphatic carbocycles. The van der Waals surface area contributed by atoms with Crippen LogP contribution in [0.4, 0.5) is 0 Å². The summed E-state index contributed by atoms with van der Waals surface area (Å²) in [5.41, 5.74) is 2.23. The van der Waals surface area contributed by atoms with Gasteiger partial charge in [-0.05, 0) is 30.5 Å². The Hall–Kier alpha value is -0.980. The van der Waals surface area contributed by atoms with E-state index < -0.39 is 0 Å². The van der Waals surface area contributed by atoms with Gasteiger partial charge in [-0.2, -0.15) is 0 Å². The van der Waals surface area contributed by atoms with Gasteiger partial charge in [0.25, 0.3) is 0 Å². The number of hydrogen-bond acceptors (Lipinski definition) is 1. The first-order chi connectivity index (χ1) is 4.74. The van der Waals surface area contributed by atoms with Crippen LogP contribution in [0.25, 0.3) is 0 Å². The third kappa shape index (κ3) is 1.29. The van der Waals surface area contributed by atoms with Gasteiger partial charge in [-0.25, -0.2) is 0 Å². The van der Waals surface area contributed by atoms with Crippen molar-refractivity contribution in [3.63, 3.8) is 0 Å². The molecule has 0 unspecified atom stereocenters. The van der Waals surface area contributed by atoms with Gasteiger partial charge >= 0.3 is 0 Å². The summed E-state index contributed by atoms with van der Waals surface area (Å²) >= 11 is 0. The quantitative estimate of drug-likeness (QED) is 0.627. The highest BCUT2D eigenvalue weighted by molar-refractivity contribution is 5.34. The largest absolute Gasteiger partial charge is 0.508 e. The molecule has 1 N–H and O–H groups in total. The van der Waals surface area contributed by atoms with Gasteiger partial charge in [-0.15, -0.1) is 0 Å². The Morgan fingerprint density at radius 3 is 2.60 bits per heavy atom. The zero-order valence-corrected chi connectivity index (χ0v) is 6.39. The van der Waals surface area contributed by atoms with Crippen LogP contribution in [-0.2, 0) is 6.42 Å². The Balaban J connectivity index is 3.04. The second kappa shape index (κ2) is 2.74. The Morgan fingerprint density at radius 1 is 1.40 bits per heavy atom. The van der Waals surface area contributed by atoms with Crippen molar-refractivity contribution in [3.05, 3.63) is 29.3 Å². The number of benzene rings is 1. The summed E-state index contributed by atoms with van der Waals surface area (Å²) < 4.78 is 0. The van der Waals surface area contributed by atoms with E-state index in [0.29, 0.717) is 5.75 Å². The van der Waals surface area contributed by atoms with Crippen molar-refractivity contribution in [2.45, 2.75) is 20.3 Å². The van der Waals surface area contributed by atoms with E-state index in [9.17, 15) is 0 Å². The molecular weight excluding hydrogens is 124 g/mol. The van der Waals surface area contributed by atoms with Gasteiger partial charge in [-0.3, -0.25) is 0 Å². The molecule has 0 saturated carbocycles. The van der Waals surface area contributed by atoms with E-state index >= 15 is 0 Å². The summed E-state index contributed by atoms with van der Waals surface area (Å²) in [6, 6.07) is 5.70. The van der Waals surface area contributed by atoms with Crippen LogP contribution in [0.5, 0.6) is 5.75 Å². The molecule has 0 radical (unpaired) electrons. The number of aryl methyl sites for hydroxylation is 2. The molecule has 0 fully saturated rings. The van der Waals surface area contributed by atoms with Crippen molar-refractivity contribution in [1.29, 1.82) is 0 Å². The molecule has 1 aromatic carbocycles. The molecule has 0 bridgehead atoms. The molecule has 0 spiro atoms. The molecule has 0 aliphatic rings. The minimum atomic E-state index is 0.386. The molecule has 1 nitrogen and oxygen atoms in total. The molecule has 1 heteroatoms. The standard InChI is InChI=1S/C9H12O/c1-3-8-4-5-9(10)7(2)6-8/h4-6,10H,3H2,1-2H3. The van der Waals surface area contributed by atoms with Gasteiger partial charge in [0.1, 0.15) is 5.75 Å². The highest BCUT2D eigenvalue weighted by Crippen LogP contribution is 2.16. The Kier molecular flexibility index (Phi) is 1.95. The molecule has 0 saturated heterocycles. The number of phenols is 1. The van der Waals surface area contributed by atoms with Crippen molar-refractivity contribution in [3.8, 4) is 5.75 Å². The fourth-order valence-corrected chi connectivity index (χ4v) is 0.937. The lowest BCUT2D eigenvalue weighted by molar-refractivity contribution is 0.471. The van der Waals surface area contributed by atoms with Crippen molar-refractivity contribution >= 4 is 0 Å². The van der Waals surface area contributed by atoms with E-state index in [1.807, 2.05) is 19.1 Å². The number of hydrogen-bond donors (Lipinski definition) is 1.